The van der Waals surface area contributed by atoms with Gasteiger partial charge in [0.2, 0.25) is 11.8 Å². The van der Waals surface area contributed by atoms with E-state index in [9.17, 15) is 18.0 Å². The number of hydrogen-bond acceptors (Lipinski definition) is 4. The number of halogens is 1. The second-order valence-electron chi connectivity index (χ2n) is 11.1. The fourth-order valence-corrected chi connectivity index (χ4v) is 6.76. The smallest absolute Gasteiger partial charge is 0.264 e. The van der Waals surface area contributed by atoms with Gasteiger partial charge in [0.25, 0.3) is 10.0 Å². The van der Waals surface area contributed by atoms with Crippen LogP contribution in [0.25, 0.3) is 0 Å². The summed E-state index contributed by atoms with van der Waals surface area (Å²) in [6.07, 6.45) is 0.252. The Morgan fingerprint density at radius 3 is 2.05 bits per heavy atom. The third-order valence-electron chi connectivity index (χ3n) is 7.34. The molecule has 0 bridgehead atoms. The Hall–Kier alpha value is -4.14. The molecule has 0 aliphatic carbocycles. The third-order valence-corrected chi connectivity index (χ3v) is 9.35. The van der Waals surface area contributed by atoms with Crippen molar-refractivity contribution in [1.82, 2.24) is 10.2 Å². The van der Waals surface area contributed by atoms with Crippen LogP contribution < -0.4 is 9.62 Å². The summed E-state index contributed by atoms with van der Waals surface area (Å²) in [6.45, 7) is 7.02. The highest BCUT2D eigenvalue weighted by atomic mass is 35.5. The van der Waals surface area contributed by atoms with Gasteiger partial charge < -0.3 is 10.2 Å². The van der Waals surface area contributed by atoms with Gasteiger partial charge in [-0.05, 0) is 80.3 Å². The van der Waals surface area contributed by atoms with Crippen molar-refractivity contribution in [2.24, 2.45) is 0 Å². The number of anilines is 1. The Balaban J connectivity index is 1.83. The molecular weight excluding hydrogens is 594 g/mol. The molecule has 4 aromatic rings. The molecule has 0 saturated heterocycles. The second-order valence-corrected chi connectivity index (χ2v) is 13.4. The van der Waals surface area contributed by atoms with Gasteiger partial charge in [0.05, 0.1) is 10.6 Å². The summed E-state index contributed by atoms with van der Waals surface area (Å²) in [5.74, 6) is -0.826. The van der Waals surface area contributed by atoms with Crippen LogP contribution >= 0.6 is 11.6 Å². The molecule has 0 unspecified atom stereocenters. The molecule has 2 amide bonds. The number of sulfonamides is 1. The average molecular weight is 632 g/mol. The van der Waals surface area contributed by atoms with E-state index in [0.717, 1.165) is 21.0 Å². The summed E-state index contributed by atoms with van der Waals surface area (Å²) >= 11 is 6.22. The summed E-state index contributed by atoms with van der Waals surface area (Å²) in [5.41, 5.74) is 3.61. The first-order valence-corrected chi connectivity index (χ1v) is 16.3. The molecule has 0 radical (unpaired) electrons. The highest BCUT2D eigenvalue weighted by Gasteiger charge is 2.35. The molecule has 0 aliphatic rings. The van der Waals surface area contributed by atoms with Gasteiger partial charge in [-0.25, -0.2) is 8.42 Å². The summed E-state index contributed by atoms with van der Waals surface area (Å²) < 4.78 is 29.4. The number of aryl methyl sites for hydroxylation is 2. The van der Waals surface area contributed by atoms with Gasteiger partial charge in [-0.3, -0.25) is 13.9 Å². The maximum Gasteiger partial charge on any atom is 0.264 e. The molecule has 4 rings (SSSR count). The van der Waals surface area contributed by atoms with E-state index >= 15 is 0 Å². The van der Waals surface area contributed by atoms with E-state index in [2.05, 4.69) is 5.32 Å². The zero-order valence-corrected chi connectivity index (χ0v) is 27.0. The van der Waals surface area contributed by atoms with E-state index < -0.39 is 28.5 Å². The molecule has 9 heteroatoms. The van der Waals surface area contributed by atoms with Gasteiger partial charge in [-0.15, -0.1) is 0 Å². The zero-order chi connectivity index (χ0) is 31.9. The molecule has 1 atom stereocenters. The first-order chi connectivity index (χ1) is 21.0. The lowest BCUT2D eigenvalue weighted by molar-refractivity contribution is -0.140. The molecule has 1 N–H and O–H groups in total. The first-order valence-electron chi connectivity index (χ1n) is 14.5. The van der Waals surface area contributed by atoms with Crippen molar-refractivity contribution < 1.29 is 18.0 Å². The van der Waals surface area contributed by atoms with Gasteiger partial charge in [0, 0.05) is 24.0 Å². The normalized spacial score (nSPS) is 12.0. The lowest BCUT2D eigenvalue weighted by atomic mass is 10.0. The second kappa shape index (κ2) is 14.6. The number of nitrogens with zero attached hydrogens (tertiary/aromatic N) is 2. The molecule has 0 aromatic heterocycles. The maximum atomic E-state index is 14.5. The SMILES string of the molecule is Cc1ccccc1CN(C(=O)CN(c1ccc(Cl)cc1C)S(=O)(=O)c1ccccc1)[C@@H](Cc1ccccc1)C(=O)NC(C)C. The van der Waals surface area contributed by atoms with E-state index in [1.807, 2.05) is 75.4 Å². The first kappa shape index (κ1) is 32.8. The number of hydrogen-bond donors (Lipinski definition) is 1. The zero-order valence-electron chi connectivity index (χ0n) is 25.4. The number of nitrogens with one attached hydrogen (secondary N) is 1. The van der Waals surface area contributed by atoms with Gasteiger partial charge in [-0.1, -0.05) is 84.4 Å². The van der Waals surface area contributed by atoms with E-state index in [-0.39, 0.29) is 29.8 Å². The standard InChI is InChI=1S/C35H38ClN3O4S/c1-25(2)37-35(41)33(22-28-14-7-5-8-15-28)38(23-29-16-12-11-13-26(29)3)34(40)24-39(32-20-19-30(36)21-27(32)4)44(42,43)31-17-9-6-10-18-31/h5-21,25,33H,22-24H2,1-4H3,(H,37,41)/t33-/m0/s1. The predicted molar refractivity (Wildman–Crippen MR) is 176 cm³/mol. The minimum atomic E-state index is -4.18. The molecule has 7 nitrogen and oxygen atoms in total. The summed E-state index contributed by atoms with van der Waals surface area (Å²) in [7, 11) is -4.18. The molecule has 230 valence electrons. The molecule has 0 aliphatic heterocycles. The Labute approximate surface area is 265 Å². The van der Waals surface area contributed by atoms with Gasteiger partial charge in [0.15, 0.2) is 0 Å². The van der Waals surface area contributed by atoms with Crippen LogP contribution in [0.2, 0.25) is 5.02 Å². The van der Waals surface area contributed by atoms with Crippen LogP contribution in [-0.2, 0) is 32.6 Å². The summed E-state index contributed by atoms with van der Waals surface area (Å²) in [6, 6.07) is 28.9. The Morgan fingerprint density at radius 2 is 1.43 bits per heavy atom. The fraction of sp³-hybridized carbons (Fsp3) is 0.257. The van der Waals surface area contributed by atoms with Crippen molar-refractivity contribution in [2.75, 3.05) is 10.8 Å². The molecule has 44 heavy (non-hydrogen) atoms. The lowest BCUT2D eigenvalue weighted by Gasteiger charge is -2.34. The van der Waals surface area contributed by atoms with Crippen molar-refractivity contribution in [1.29, 1.82) is 0 Å². The van der Waals surface area contributed by atoms with Gasteiger partial charge in [-0.2, -0.15) is 0 Å². The van der Waals surface area contributed by atoms with E-state index in [0.29, 0.717) is 16.3 Å². The number of carbonyl (C=O) groups is 2. The largest absolute Gasteiger partial charge is 0.352 e. The fourth-order valence-electron chi connectivity index (χ4n) is 5.04. The minimum absolute atomic E-state index is 0.0472. The summed E-state index contributed by atoms with van der Waals surface area (Å²) in [5, 5.41) is 3.42. The Kier molecular flexibility index (Phi) is 10.8. The van der Waals surface area contributed by atoms with Crippen molar-refractivity contribution in [3.05, 3.63) is 130 Å². The van der Waals surface area contributed by atoms with Crippen LogP contribution in [0.15, 0.2) is 108 Å². The lowest BCUT2D eigenvalue weighted by Crippen LogP contribution is -2.54. The van der Waals surface area contributed by atoms with Crippen LogP contribution in [0.3, 0.4) is 0 Å². The molecule has 0 saturated carbocycles. The molecule has 0 spiro atoms. The Morgan fingerprint density at radius 1 is 0.818 bits per heavy atom. The number of amides is 2. The van der Waals surface area contributed by atoms with Crippen LogP contribution in [0.5, 0.6) is 0 Å². The van der Waals surface area contributed by atoms with Gasteiger partial charge in [0.1, 0.15) is 12.6 Å². The van der Waals surface area contributed by atoms with E-state index in [1.165, 1.54) is 17.0 Å². The molecular formula is C35H38ClN3O4S. The molecule has 4 aromatic carbocycles. The average Bonchev–Trinajstić information content (AvgIpc) is 2.99. The van der Waals surface area contributed by atoms with E-state index in [1.54, 1.807) is 43.3 Å². The molecule has 0 heterocycles. The van der Waals surface area contributed by atoms with Gasteiger partial charge >= 0.3 is 0 Å². The van der Waals surface area contributed by atoms with Crippen molar-refractivity contribution in [2.45, 2.75) is 57.6 Å². The van der Waals surface area contributed by atoms with Crippen LogP contribution in [-0.4, -0.2) is 43.8 Å². The quantitative estimate of drug-likeness (QED) is 0.198. The summed E-state index contributed by atoms with van der Waals surface area (Å²) in [4.78, 5) is 29.9. The van der Waals surface area contributed by atoms with Crippen LogP contribution in [0.1, 0.15) is 36.1 Å². The molecule has 0 fully saturated rings. The minimum Gasteiger partial charge on any atom is -0.352 e. The van der Waals surface area contributed by atoms with Crippen molar-refractivity contribution in [3.63, 3.8) is 0 Å². The monoisotopic (exact) mass is 631 g/mol. The van der Waals surface area contributed by atoms with E-state index in [4.69, 9.17) is 11.6 Å². The number of benzene rings is 4. The van der Waals surface area contributed by atoms with Crippen LogP contribution in [0, 0.1) is 13.8 Å². The number of rotatable bonds is 12. The predicted octanol–water partition coefficient (Wildman–Crippen LogP) is 6.32. The maximum absolute atomic E-state index is 14.5. The third kappa shape index (κ3) is 8.07. The van der Waals surface area contributed by atoms with Crippen LogP contribution in [0.4, 0.5) is 5.69 Å². The van der Waals surface area contributed by atoms with Crippen molar-refractivity contribution >= 4 is 39.1 Å². The highest BCUT2D eigenvalue weighted by molar-refractivity contribution is 7.92. The number of carbonyl (C=O) groups excluding carboxylic acids is 2. The highest BCUT2D eigenvalue weighted by Crippen LogP contribution is 2.29. The Bertz CT molecular complexity index is 1700. The van der Waals surface area contributed by atoms with Crippen molar-refractivity contribution in [3.8, 4) is 0 Å². The topological polar surface area (TPSA) is 86.8 Å².